The highest BCUT2D eigenvalue weighted by molar-refractivity contribution is 7.08. The zero-order valence-electron chi connectivity index (χ0n) is 15.1. The first-order valence-electron chi connectivity index (χ1n) is 8.54. The molecule has 0 aliphatic carbocycles. The van der Waals surface area contributed by atoms with Crippen molar-refractivity contribution in [1.82, 2.24) is 9.88 Å². The zero-order chi connectivity index (χ0) is 20.8. The van der Waals surface area contributed by atoms with Gasteiger partial charge in [-0.05, 0) is 46.2 Å². The van der Waals surface area contributed by atoms with E-state index in [2.05, 4.69) is 9.98 Å². The average Bonchev–Trinajstić information content (AvgIpc) is 3.32. The van der Waals surface area contributed by atoms with Crippen LogP contribution in [0.3, 0.4) is 0 Å². The monoisotopic (exact) mass is 416 g/mol. The highest BCUT2D eigenvalue weighted by Gasteiger charge is 2.50. The third kappa shape index (κ3) is 2.98. The molecule has 1 aliphatic heterocycles. The summed E-state index contributed by atoms with van der Waals surface area (Å²) in [5, 5.41) is 3.58. The third-order valence-corrected chi connectivity index (χ3v) is 5.57. The van der Waals surface area contributed by atoms with Gasteiger partial charge in [-0.3, -0.25) is 14.7 Å². The van der Waals surface area contributed by atoms with Gasteiger partial charge in [-0.25, -0.2) is 18.2 Å². The Balaban J connectivity index is 1.98. The second-order valence-electron chi connectivity index (χ2n) is 6.56. The van der Waals surface area contributed by atoms with Crippen LogP contribution >= 0.6 is 11.3 Å². The first kappa shape index (κ1) is 19.1. The summed E-state index contributed by atoms with van der Waals surface area (Å²) in [7, 11) is 1.44. The fourth-order valence-corrected chi connectivity index (χ4v) is 4.00. The number of aliphatic imine (C=N–C) groups is 1. The van der Waals surface area contributed by atoms with Gasteiger partial charge >= 0.3 is 0 Å². The summed E-state index contributed by atoms with van der Waals surface area (Å²) in [6, 6.07) is 7.07. The number of benzene rings is 1. The van der Waals surface area contributed by atoms with Crippen LogP contribution in [0.2, 0.25) is 0 Å². The van der Waals surface area contributed by atoms with Crippen molar-refractivity contribution in [3.05, 3.63) is 76.0 Å². The number of alkyl halides is 2. The van der Waals surface area contributed by atoms with Crippen molar-refractivity contribution in [3.8, 4) is 11.1 Å². The van der Waals surface area contributed by atoms with Gasteiger partial charge in [0.05, 0.1) is 0 Å². The molecule has 9 heteroatoms. The van der Waals surface area contributed by atoms with Crippen LogP contribution in [0.1, 0.15) is 23.1 Å². The van der Waals surface area contributed by atoms with Crippen LogP contribution in [0.25, 0.3) is 11.1 Å². The predicted molar refractivity (Wildman–Crippen MR) is 104 cm³/mol. The van der Waals surface area contributed by atoms with Crippen molar-refractivity contribution in [2.45, 2.75) is 12.0 Å². The molecule has 2 aromatic heterocycles. The SMILES string of the molecule is CN1C(=O)C(c2cncc(C(F)F)c2)(c2ccc(F)c(-c3ccsc3)c2)N=C1N. The van der Waals surface area contributed by atoms with Gasteiger partial charge in [0.1, 0.15) is 5.82 Å². The van der Waals surface area contributed by atoms with Gasteiger partial charge in [-0.1, -0.05) is 6.07 Å². The number of thiophene rings is 1. The molecule has 1 amide bonds. The minimum Gasteiger partial charge on any atom is -0.369 e. The Morgan fingerprint density at radius 1 is 1.17 bits per heavy atom. The van der Waals surface area contributed by atoms with Crippen molar-refractivity contribution in [3.63, 3.8) is 0 Å². The molecule has 29 heavy (non-hydrogen) atoms. The molecule has 0 saturated carbocycles. The van der Waals surface area contributed by atoms with Crippen molar-refractivity contribution >= 4 is 23.2 Å². The van der Waals surface area contributed by atoms with Gasteiger partial charge in [0.25, 0.3) is 12.3 Å². The topological polar surface area (TPSA) is 71.6 Å². The summed E-state index contributed by atoms with van der Waals surface area (Å²) < 4.78 is 41.0. The van der Waals surface area contributed by atoms with Crippen LogP contribution in [0, 0.1) is 5.82 Å². The summed E-state index contributed by atoms with van der Waals surface area (Å²) in [6.45, 7) is 0. The zero-order valence-corrected chi connectivity index (χ0v) is 16.0. The number of amides is 1. The van der Waals surface area contributed by atoms with Gasteiger partial charge in [0, 0.05) is 36.1 Å². The number of hydrogen-bond donors (Lipinski definition) is 1. The average molecular weight is 416 g/mol. The van der Waals surface area contributed by atoms with E-state index in [1.165, 1.54) is 48.8 Å². The van der Waals surface area contributed by atoms with Crippen molar-refractivity contribution in [2.75, 3.05) is 7.05 Å². The van der Waals surface area contributed by atoms with E-state index < -0.39 is 23.7 Å². The van der Waals surface area contributed by atoms with Gasteiger partial charge < -0.3 is 5.73 Å². The van der Waals surface area contributed by atoms with Crippen molar-refractivity contribution < 1.29 is 18.0 Å². The summed E-state index contributed by atoms with van der Waals surface area (Å²) >= 11 is 1.40. The lowest BCUT2D eigenvalue weighted by molar-refractivity contribution is -0.129. The highest BCUT2D eigenvalue weighted by Crippen LogP contribution is 2.41. The molecule has 3 heterocycles. The van der Waals surface area contributed by atoms with E-state index in [0.717, 1.165) is 11.1 Å². The predicted octanol–water partition coefficient (Wildman–Crippen LogP) is 3.92. The first-order chi connectivity index (χ1) is 13.8. The third-order valence-electron chi connectivity index (χ3n) is 4.89. The van der Waals surface area contributed by atoms with Crippen LogP contribution in [0.15, 0.2) is 58.5 Å². The Morgan fingerprint density at radius 3 is 2.59 bits per heavy atom. The maximum atomic E-state index is 14.5. The van der Waals surface area contributed by atoms with Crippen LogP contribution in [-0.2, 0) is 10.3 Å². The maximum absolute atomic E-state index is 14.5. The van der Waals surface area contributed by atoms with E-state index in [1.807, 2.05) is 0 Å². The number of nitrogens with zero attached hydrogens (tertiary/aromatic N) is 3. The molecule has 2 N–H and O–H groups in total. The van der Waals surface area contributed by atoms with Crippen molar-refractivity contribution in [1.29, 1.82) is 0 Å². The Kier molecular flexibility index (Phi) is 4.62. The molecule has 3 aromatic rings. The van der Waals surface area contributed by atoms with Crippen LogP contribution in [0.4, 0.5) is 13.2 Å². The lowest BCUT2D eigenvalue weighted by Gasteiger charge is -2.26. The molecule has 1 unspecified atom stereocenters. The Bertz CT molecular complexity index is 1120. The molecule has 0 radical (unpaired) electrons. The van der Waals surface area contributed by atoms with Crippen LogP contribution in [0.5, 0.6) is 0 Å². The van der Waals surface area contributed by atoms with Gasteiger partial charge in [0.15, 0.2) is 11.5 Å². The number of aromatic nitrogens is 1. The van der Waals surface area contributed by atoms with Crippen LogP contribution in [-0.4, -0.2) is 28.8 Å². The number of carbonyl (C=O) groups excluding carboxylic acids is 1. The van der Waals surface area contributed by atoms with E-state index in [0.29, 0.717) is 11.1 Å². The summed E-state index contributed by atoms with van der Waals surface area (Å²) in [6.07, 6.45) is -0.447. The Hall–Kier alpha value is -3.20. The molecule has 0 spiro atoms. The number of likely N-dealkylation sites (N-methyl/N-ethyl adjacent to an activating group) is 1. The summed E-state index contributed by atoms with van der Waals surface area (Å²) in [5.41, 5.74) is 5.18. The summed E-state index contributed by atoms with van der Waals surface area (Å²) in [5.74, 6) is -1.08. The smallest absolute Gasteiger partial charge is 0.266 e. The minimum atomic E-state index is -2.77. The number of carbonyl (C=O) groups is 1. The first-order valence-corrected chi connectivity index (χ1v) is 9.48. The van der Waals surface area contributed by atoms with E-state index in [4.69, 9.17) is 5.73 Å². The van der Waals surface area contributed by atoms with Gasteiger partial charge in [0.2, 0.25) is 0 Å². The quantitative estimate of drug-likeness (QED) is 0.701. The number of rotatable bonds is 4. The minimum absolute atomic E-state index is 0.0705. The van der Waals surface area contributed by atoms with E-state index in [1.54, 1.807) is 16.8 Å². The summed E-state index contributed by atoms with van der Waals surface area (Å²) in [4.78, 5) is 22.6. The van der Waals surface area contributed by atoms with Crippen molar-refractivity contribution in [2.24, 2.45) is 10.7 Å². The number of pyridine rings is 1. The molecule has 1 atom stereocenters. The molecule has 5 nitrogen and oxygen atoms in total. The second-order valence-corrected chi connectivity index (χ2v) is 7.34. The number of halogens is 3. The molecule has 1 aromatic carbocycles. The lowest BCUT2D eigenvalue weighted by Crippen LogP contribution is -2.41. The number of hydrogen-bond acceptors (Lipinski definition) is 5. The standard InChI is InChI=1S/C20H15F3N4OS/c1-27-18(28)20(26-19(27)24,14-6-12(17(22)23)8-25-9-14)13-2-3-16(21)15(7-13)11-4-5-29-10-11/h2-10,17H,1H3,(H2,24,26). The highest BCUT2D eigenvalue weighted by atomic mass is 32.1. The number of nitrogens with two attached hydrogens (primary N) is 1. The van der Waals surface area contributed by atoms with E-state index in [9.17, 15) is 18.0 Å². The molecular weight excluding hydrogens is 401 g/mol. The fraction of sp³-hybridized carbons (Fsp3) is 0.150. The molecule has 0 saturated heterocycles. The van der Waals surface area contributed by atoms with Gasteiger partial charge in [-0.2, -0.15) is 11.3 Å². The Labute approximate surface area is 168 Å². The molecule has 4 rings (SSSR count). The largest absolute Gasteiger partial charge is 0.369 e. The van der Waals surface area contributed by atoms with Crippen LogP contribution < -0.4 is 5.73 Å². The maximum Gasteiger partial charge on any atom is 0.266 e. The molecule has 148 valence electrons. The van der Waals surface area contributed by atoms with Gasteiger partial charge in [-0.15, -0.1) is 0 Å². The molecule has 1 aliphatic rings. The molecule has 0 fully saturated rings. The van der Waals surface area contributed by atoms with E-state index in [-0.39, 0.29) is 22.6 Å². The molecular formula is C20H15F3N4OS. The normalized spacial score (nSPS) is 19.1. The van der Waals surface area contributed by atoms with E-state index >= 15 is 0 Å². The lowest BCUT2D eigenvalue weighted by atomic mass is 9.82. The Morgan fingerprint density at radius 2 is 1.97 bits per heavy atom. The number of guanidine groups is 1. The molecule has 0 bridgehead atoms. The fourth-order valence-electron chi connectivity index (χ4n) is 3.35. The second kappa shape index (κ2) is 7.00.